The second-order valence-electron chi connectivity index (χ2n) is 5.45. The molecule has 0 aliphatic heterocycles. The molecule has 0 bridgehead atoms. The summed E-state index contributed by atoms with van der Waals surface area (Å²) in [6.07, 6.45) is 2.27. The van der Waals surface area contributed by atoms with Crippen molar-refractivity contribution in [3.63, 3.8) is 0 Å². The number of nitrogens with two attached hydrogens (primary N) is 1. The summed E-state index contributed by atoms with van der Waals surface area (Å²) >= 11 is 0. The standard InChI is InChI=1S/C15H20F3NO/c16-15(17,18)20-13-7-3-6-12(10-13)14(19)9-8-11-4-1-2-5-11/h3,6-7,10-11,14H,1-2,4-5,8-9,19H2. The molecule has 1 fully saturated rings. The lowest BCUT2D eigenvalue weighted by Crippen LogP contribution is -2.18. The Morgan fingerprint density at radius 1 is 1.25 bits per heavy atom. The van der Waals surface area contributed by atoms with Gasteiger partial charge in [0.05, 0.1) is 0 Å². The number of hydrogen-bond donors (Lipinski definition) is 1. The molecule has 1 aromatic rings. The number of hydrogen-bond acceptors (Lipinski definition) is 2. The van der Waals surface area contributed by atoms with Gasteiger partial charge in [-0.15, -0.1) is 13.2 Å². The lowest BCUT2D eigenvalue weighted by Gasteiger charge is -2.16. The first kappa shape index (κ1) is 15.2. The normalized spacial score (nSPS) is 18.2. The molecule has 2 rings (SSSR count). The molecule has 0 heterocycles. The van der Waals surface area contributed by atoms with Crippen molar-refractivity contribution in [2.45, 2.75) is 50.9 Å². The van der Waals surface area contributed by atoms with Crippen LogP contribution in [-0.4, -0.2) is 6.36 Å². The van der Waals surface area contributed by atoms with Crippen molar-refractivity contribution in [1.82, 2.24) is 0 Å². The molecule has 1 saturated carbocycles. The first-order valence-electron chi connectivity index (χ1n) is 7.05. The Balaban J connectivity index is 1.91. The maximum atomic E-state index is 12.2. The van der Waals surface area contributed by atoms with E-state index in [9.17, 15) is 13.2 Å². The van der Waals surface area contributed by atoms with Crippen LogP contribution in [0.1, 0.15) is 50.1 Å². The van der Waals surface area contributed by atoms with Gasteiger partial charge in [-0.25, -0.2) is 0 Å². The summed E-state index contributed by atoms with van der Waals surface area (Å²) in [5.41, 5.74) is 6.77. The molecule has 0 saturated heterocycles. The minimum atomic E-state index is -4.66. The third-order valence-electron chi connectivity index (χ3n) is 3.88. The topological polar surface area (TPSA) is 35.2 Å². The van der Waals surface area contributed by atoms with E-state index in [4.69, 9.17) is 5.73 Å². The van der Waals surface area contributed by atoms with Crippen LogP contribution in [0.15, 0.2) is 24.3 Å². The van der Waals surface area contributed by atoms with Crippen LogP contribution >= 0.6 is 0 Å². The van der Waals surface area contributed by atoms with Gasteiger partial charge in [-0.3, -0.25) is 0 Å². The third kappa shape index (κ3) is 4.71. The predicted molar refractivity (Wildman–Crippen MR) is 71.2 cm³/mol. The molecule has 112 valence electrons. The second kappa shape index (κ2) is 6.48. The average molecular weight is 287 g/mol. The number of ether oxygens (including phenoxy) is 1. The minimum Gasteiger partial charge on any atom is -0.406 e. The van der Waals surface area contributed by atoms with Gasteiger partial charge in [0, 0.05) is 6.04 Å². The smallest absolute Gasteiger partial charge is 0.406 e. The van der Waals surface area contributed by atoms with Crippen LogP contribution in [0, 0.1) is 5.92 Å². The summed E-state index contributed by atoms with van der Waals surface area (Å²) in [6, 6.07) is 5.74. The zero-order chi connectivity index (χ0) is 14.6. The number of alkyl halides is 3. The first-order valence-corrected chi connectivity index (χ1v) is 7.05. The van der Waals surface area contributed by atoms with Crippen LogP contribution in [0.3, 0.4) is 0 Å². The lowest BCUT2D eigenvalue weighted by molar-refractivity contribution is -0.274. The molecular formula is C15H20F3NO. The number of benzene rings is 1. The van der Waals surface area contributed by atoms with E-state index in [1.54, 1.807) is 12.1 Å². The van der Waals surface area contributed by atoms with E-state index in [2.05, 4.69) is 4.74 Å². The summed E-state index contributed by atoms with van der Waals surface area (Å²) in [5.74, 6) is 0.530. The first-order chi connectivity index (χ1) is 9.44. The molecule has 0 radical (unpaired) electrons. The molecule has 1 aliphatic carbocycles. The molecule has 5 heteroatoms. The van der Waals surface area contributed by atoms with Gasteiger partial charge in [-0.1, -0.05) is 37.8 Å². The summed E-state index contributed by atoms with van der Waals surface area (Å²) < 4.78 is 40.4. The van der Waals surface area contributed by atoms with Crippen LogP contribution in [0.25, 0.3) is 0 Å². The van der Waals surface area contributed by atoms with Crippen molar-refractivity contribution in [2.75, 3.05) is 0 Å². The van der Waals surface area contributed by atoms with Crippen LogP contribution in [0.4, 0.5) is 13.2 Å². The highest BCUT2D eigenvalue weighted by Gasteiger charge is 2.31. The summed E-state index contributed by atoms with van der Waals surface area (Å²) in [6.45, 7) is 0. The minimum absolute atomic E-state index is 0.202. The second-order valence-corrected chi connectivity index (χ2v) is 5.45. The van der Waals surface area contributed by atoms with E-state index in [0.717, 1.165) is 18.8 Å². The van der Waals surface area contributed by atoms with Gasteiger partial charge < -0.3 is 10.5 Å². The quantitative estimate of drug-likeness (QED) is 0.862. The van der Waals surface area contributed by atoms with E-state index in [1.165, 1.54) is 37.8 Å². The Labute approximate surface area is 117 Å². The van der Waals surface area contributed by atoms with E-state index in [1.807, 2.05) is 0 Å². The van der Waals surface area contributed by atoms with E-state index in [-0.39, 0.29) is 11.8 Å². The highest BCUT2D eigenvalue weighted by molar-refractivity contribution is 5.30. The average Bonchev–Trinajstić information content (AvgIpc) is 2.87. The van der Waals surface area contributed by atoms with Crippen molar-refractivity contribution in [1.29, 1.82) is 0 Å². The molecule has 0 spiro atoms. The Kier molecular flexibility index (Phi) is 4.91. The highest BCUT2D eigenvalue weighted by atomic mass is 19.4. The van der Waals surface area contributed by atoms with Crippen molar-refractivity contribution >= 4 is 0 Å². The Bertz CT molecular complexity index is 427. The number of halogens is 3. The van der Waals surface area contributed by atoms with E-state index < -0.39 is 6.36 Å². The SMILES string of the molecule is NC(CCC1CCCC1)c1cccc(OC(F)(F)F)c1. The van der Waals surface area contributed by atoms with Gasteiger partial charge in [0.15, 0.2) is 0 Å². The van der Waals surface area contributed by atoms with Crippen molar-refractivity contribution in [3.8, 4) is 5.75 Å². The predicted octanol–water partition coefficient (Wildman–Crippen LogP) is 4.56. The molecule has 20 heavy (non-hydrogen) atoms. The molecule has 1 unspecified atom stereocenters. The van der Waals surface area contributed by atoms with E-state index in [0.29, 0.717) is 5.56 Å². The molecule has 0 aromatic heterocycles. The summed E-state index contributed by atoms with van der Waals surface area (Å²) in [4.78, 5) is 0. The molecule has 0 amide bonds. The highest BCUT2D eigenvalue weighted by Crippen LogP contribution is 2.32. The van der Waals surface area contributed by atoms with E-state index >= 15 is 0 Å². The van der Waals surface area contributed by atoms with Crippen LogP contribution < -0.4 is 10.5 Å². The Morgan fingerprint density at radius 3 is 2.60 bits per heavy atom. The lowest BCUT2D eigenvalue weighted by atomic mass is 9.95. The molecular weight excluding hydrogens is 267 g/mol. The summed E-state index contributed by atoms with van der Waals surface area (Å²) in [7, 11) is 0. The molecule has 2 nitrogen and oxygen atoms in total. The van der Waals surface area contributed by atoms with Crippen molar-refractivity contribution < 1.29 is 17.9 Å². The molecule has 1 aromatic carbocycles. The molecule has 1 aliphatic rings. The Hall–Kier alpha value is -1.23. The van der Waals surface area contributed by atoms with Crippen molar-refractivity contribution in [3.05, 3.63) is 29.8 Å². The fraction of sp³-hybridized carbons (Fsp3) is 0.600. The van der Waals surface area contributed by atoms with Gasteiger partial charge in [0.2, 0.25) is 0 Å². The fourth-order valence-corrected chi connectivity index (χ4v) is 2.82. The zero-order valence-corrected chi connectivity index (χ0v) is 11.3. The third-order valence-corrected chi connectivity index (χ3v) is 3.88. The zero-order valence-electron chi connectivity index (χ0n) is 11.3. The van der Waals surface area contributed by atoms with Crippen molar-refractivity contribution in [2.24, 2.45) is 11.7 Å². The van der Waals surface area contributed by atoms with Gasteiger partial charge in [0.25, 0.3) is 0 Å². The maximum absolute atomic E-state index is 12.2. The van der Waals surface area contributed by atoms with Gasteiger partial charge in [-0.05, 0) is 36.5 Å². The van der Waals surface area contributed by atoms with Crippen LogP contribution in [-0.2, 0) is 0 Å². The monoisotopic (exact) mass is 287 g/mol. The Morgan fingerprint density at radius 2 is 1.95 bits per heavy atom. The molecule has 1 atom stereocenters. The van der Waals surface area contributed by atoms with Gasteiger partial charge >= 0.3 is 6.36 Å². The summed E-state index contributed by atoms with van der Waals surface area (Å²) in [5, 5.41) is 0. The van der Waals surface area contributed by atoms with Gasteiger partial charge in [0.1, 0.15) is 5.75 Å². The molecule has 2 N–H and O–H groups in total. The largest absolute Gasteiger partial charge is 0.573 e. The number of rotatable bonds is 5. The maximum Gasteiger partial charge on any atom is 0.573 e. The fourth-order valence-electron chi connectivity index (χ4n) is 2.82. The van der Waals surface area contributed by atoms with Crippen LogP contribution in [0.5, 0.6) is 5.75 Å². The van der Waals surface area contributed by atoms with Crippen LogP contribution in [0.2, 0.25) is 0 Å². The van der Waals surface area contributed by atoms with Gasteiger partial charge in [-0.2, -0.15) is 0 Å².